The molecule has 0 radical (unpaired) electrons. The average Bonchev–Trinajstić information content (AvgIpc) is 2.39. The van der Waals surface area contributed by atoms with Gasteiger partial charge in [0.15, 0.2) is 0 Å². The van der Waals surface area contributed by atoms with Gasteiger partial charge in [0.05, 0.1) is 19.4 Å². The van der Waals surface area contributed by atoms with E-state index < -0.39 is 30.2 Å². The molecule has 7 nitrogen and oxygen atoms in total. The predicted molar refractivity (Wildman–Crippen MR) is 74.9 cm³/mol. The Balaban J connectivity index is 2.37. The van der Waals surface area contributed by atoms with Crippen molar-refractivity contribution in [2.75, 3.05) is 6.61 Å². The first-order chi connectivity index (χ1) is 9.88. The summed E-state index contributed by atoms with van der Waals surface area (Å²) in [4.78, 5) is 33.1. The van der Waals surface area contributed by atoms with E-state index in [2.05, 4.69) is 5.32 Å². The first-order valence-electron chi connectivity index (χ1n) is 6.07. The fourth-order valence-electron chi connectivity index (χ4n) is 1.46. The minimum Gasteiger partial charge on any atom is -0.493 e. The average molecular weight is 315 g/mol. The van der Waals surface area contributed by atoms with Crippen LogP contribution in [0.2, 0.25) is 5.02 Å². The minimum atomic E-state index is -1.33. The predicted octanol–water partition coefficient (Wildman–Crippen LogP) is 0.554. The van der Waals surface area contributed by atoms with Crippen molar-refractivity contribution in [1.29, 1.82) is 0 Å². The second kappa shape index (κ2) is 8.11. The van der Waals surface area contributed by atoms with Crippen LogP contribution in [0.5, 0.6) is 5.75 Å². The number of nitrogens with two attached hydrogens (primary N) is 1. The van der Waals surface area contributed by atoms with Crippen molar-refractivity contribution in [3.63, 3.8) is 0 Å². The van der Waals surface area contributed by atoms with Gasteiger partial charge in [0, 0.05) is 5.02 Å². The van der Waals surface area contributed by atoms with E-state index in [1.165, 1.54) is 0 Å². The summed E-state index contributed by atoms with van der Waals surface area (Å²) in [5.74, 6) is -2.13. The summed E-state index contributed by atoms with van der Waals surface area (Å²) in [5, 5.41) is 11.6. The third-order valence-corrected chi connectivity index (χ3v) is 2.70. The number of benzene rings is 1. The molecule has 21 heavy (non-hydrogen) atoms. The lowest BCUT2D eigenvalue weighted by Gasteiger charge is -2.13. The van der Waals surface area contributed by atoms with Gasteiger partial charge < -0.3 is 20.9 Å². The molecule has 0 fully saturated rings. The standard InChI is InChI=1S/C13H15ClN2O5/c14-8-1-3-9(4-2-8)21-6-5-12(18)16-10(13(19)20)7-11(15)17/h1-4,10H,5-7H2,(H2,15,17)(H,16,18)(H,19,20). The first kappa shape index (κ1) is 16.8. The van der Waals surface area contributed by atoms with E-state index in [0.29, 0.717) is 10.8 Å². The van der Waals surface area contributed by atoms with Crippen LogP contribution in [0.1, 0.15) is 12.8 Å². The molecule has 0 heterocycles. The van der Waals surface area contributed by atoms with E-state index in [1.54, 1.807) is 24.3 Å². The molecule has 1 aromatic rings. The third kappa shape index (κ3) is 6.62. The molecule has 4 N–H and O–H groups in total. The van der Waals surface area contributed by atoms with Crippen LogP contribution in [0, 0.1) is 0 Å². The molecule has 0 spiro atoms. The summed E-state index contributed by atoms with van der Waals surface area (Å²) < 4.78 is 5.30. The van der Waals surface area contributed by atoms with Crippen LogP contribution in [0.3, 0.4) is 0 Å². The molecule has 0 saturated carbocycles. The zero-order valence-electron chi connectivity index (χ0n) is 11.0. The number of nitrogens with one attached hydrogen (secondary N) is 1. The van der Waals surface area contributed by atoms with Gasteiger partial charge in [-0.1, -0.05) is 11.6 Å². The lowest BCUT2D eigenvalue weighted by molar-refractivity contribution is -0.143. The summed E-state index contributed by atoms with van der Waals surface area (Å²) >= 11 is 5.71. The summed E-state index contributed by atoms with van der Waals surface area (Å²) in [6, 6.07) is 5.25. The smallest absolute Gasteiger partial charge is 0.326 e. The quantitative estimate of drug-likeness (QED) is 0.647. The van der Waals surface area contributed by atoms with Gasteiger partial charge in [-0.3, -0.25) is 9.59 Å². The number of carboxylic acids is 1. The second-order valence-corrected chi connectivity index (χ2v) is 4.62. The second-order valence-electron chi connectivity index (χ2n) is 4.18. The highest BCUT2D eigenvalue weighted by molar-refractivity contribution is 6.30. The van der Waals surface area contributed by atoms with Crippen LogP contribution in [0.15, 0.2) is 24.3 Å². The fraction of sp³-hybridized carbons (Fsp3) is 0.308. The van der Waals surface area contributed by atoms with Crippen molar-refractivity contribution in [3.8, 4) is 5.75 Å². The van der Waals surface area contributed by atoms with Crippen LogP contribution in [0.4, 0.5) is 0 Å². The highest BCUT2D eigenvalue weighted by atomic mass is 35.5. The molecule has 1 aromatic carbocycles. The Bertz CT molecular complexity index is 518. The molecular weight excluding hydrogens is 300 g/mol. The van der Waals surface area contributed by atoms with Crippen LogP contribution in [-0.4, -0.2) is 35.5 Å². The topological polar surface area (TPSA) is 119 Å². The molecular formula is C13H15ClN2O5. The number of aliphatic carboxylic acids is 1. The molecule has 0 aromatic heterocycles. The Labute approximate surface area is 126 Å². The van der Waals surface area contributed by atoms with Gasteiger partial charge in [-0.25, -0.2) is 4.79 Å². The lowest BCUT2D eigenvalue weighted by Crippen LogP contribution is -2.43. The van der Waals surface area contributed by atoms with Gasteiger partial charge in [-0.2, -0.15) is 0 Å². The molecule has 114 valence electrons. The number of carboxylic acid groups (broad SMARTS) is 1. The van der Waals surface area contributed by atoms with Crippen LogP contribution >= 0.6 is 11.6 Å². The van der Waals surface area contributed by atoms with E-state index in [4.69, 9.17) is 27.2 Å². The van der Waals surface area contributed by atoms with E-state index in [1.807, 2.05) is 0 Å². The molecule has 2 amide bonds. The normalized spacial score (nSPS) is 11.5. The van der Waals surface area contributed by atoms with Gasteiger partial charge in [0.25, 0.3) is 0 Å². The molecule has 1 rings (SSSR count). The van der Waals surface area contributed by atoms with Gasteiger partial charge in [-0.05, 0) is 24.3 Å². The van der Waals surface area contributed by atoms with Gasteiger partial charge in [-0.15, -0.1) is 0 Å². The summed E-state index contributed by atoms with van der Waals surface area (Å²) in [6.07, 6.45) is -0.510. The maximum Gasteiger partial charge on any atom is 0.326 e. The fourth-order valence-corrected chi connectivity index (χ4v) is 1.59. The number of hydrogen-bond acceptors (Lipinski definition) is 4. The van der Waals surface area contributed by atoms with Crippen molar-refractivity contribution in [1.82, 2.24) is 5.32 Å². The number of primary amides is 1. The number of hydrogen-bond donors (Lipinski definition) is 3. The Morgan fingerprint density at radius 3 is 2.43 bits per heavy atom. The molecule has 0 bridgehead atoms. The van der Waals surface area contributed by atoms with Crippen molar-refractivity contribution >= 4 is 29.4 Å². The number of amides is 2. The molecule has 0 aliphatic rings. The van der Waals surface area contributed by atoms with Gasteiger partial charge >= 0.3 is 5.97 Å². The van der Waals surface area contributed by atoms with Crippen LogP contribution in [0.25, 0.3) is 0 Å². The van der Waals surface area contributed by atoms with E-state index in [0.717, 1.165) is 0 Å². The molecule has 1 unspecified atom stereocenters. The van der Waals surface area contributed by atoms with Crippen molar-refractivity contribution in [3.05, 3.63) is 29.3 Å². The molecule has 1 atom stereocenters. The van der Waals surface area contributed by atoms with Crippen LogP contribution in [-0.2, 0) is 14.4 Å². The number of carbonyl (C=O) groups is 3. The Morgan fingerprint density at radius 2 is 1.90 bits per heavy atom. The molecule has 0 saturated heterocycles. The number of rotatable bonds is 8. The molecule has 0 aliphatic carbocycles. The summed E-state index contributed by atoms with van der Waals surface area (Å²) in [7, 11) is 0. The zero-order valence-corrected chi connectivity index (χ0v) is 11.8. The molecule has 0 aliphatic heterocycles. The van der Waals surface area contributed by atoms with E-state index in [9.17, 15) is 14.4 Å². The molecule has 8 heteroatoms. The lowest BCUT2D eigenvalue weighted by atomic mass is 10.2. The zero-order chi connectivity index (χ0) is 15.8. The highest BCUT2D eigenvalue weighted by Crippen LogP contribution is 2.15. The summed E-state index contributed by atoms with van der Waals surface area (Å²) in [6.45, 7) is 0.0658. The Hall–Kier alpha value is -2.28. The number of carbonyl (C=O) groups excluding carboxylic acids is 2. The van der Waals surface area contributed by atoms with E-state index in [-0.39, 0.29) is 13.0 Å². The minimum absolute atomic E-state index is 0.0504. The maximum atomic E-state index is 11.6. The van der Waals surface area contributed by atoms with Gasteiger partial charge in [0.2, 0.25) is 11.8 Å². The van der Waals surface area contributed by atoms with Crippen LogP contribution < -0.4 is 15.8 Å². The Kier molecular flexibility index (Phi) is 6.48. The van der Waals surface area contributed by atoms with E-state index >= 15 is 0 Å². The third-order valence-electron chi connectivity index (χ3n) is 2.45. The first-order valence-corrected chi connectivity index (χ1v) is 6.45. The van der Waals surface area contributed by atoms with Gasteiger partial charge in [0.1, 0.15) is 11.8 Å². The monoisotopic (exact) mass is 314 g/mol. The number of halogens is 1. The van der Waals surface area contributed by atoms with Crippen molar-refractivity contribution in [2.45, 2.75) is 18.9 Å². The maximum absolute atomic E-state index is 11.6. The summed E-state index contributed by atoms with van der Waals surface area (Å²) in [5.41, 5.74) is 4.91. The highest BCUT2D eigenvalue weighted by Gasteiger charge is 2.21. The largest absolute Gasteiger partial charge is 0.493 e. The van der Waals surface area contributed by atoms with Crippen molar-refractivity contribution < 1.29 is 24.2 Å². The SMILES string of the molecule is NC(=O)CC(NC(=O)CCOc1ccc(Cl)cc1)C(=O)O. The van der Waals surface area contributed by atoms with Crippen molar-refractivity contribution in [2.24, 2.45) is 5.73 Å². The Morgan fingerprint density at radius 1 is 1.29 bits per heavy atom. The number of ether oxygens (including phenoxy) is 1.